The normalized spacial score (nSPS) is 18.9. The molecule has 2 unspecified atom stereocenters. The molecule has 4 N–H and O–H groups in total. The van der Waals surface area contributed by atoms with Gasteiger partial charge < -0.3 is 15.7 Å². The highest BCUT2D eigenvalue weighted by Gasteiger charge is 2.43. The lowest BCUT2D eigenvalue weighted by Gasteiger charge is -2.16. The van der Waals surface area contributed by atoms with Gasteiger partial charge in [0.15, 0.2) is 0 Å². The Morgan fingerprint density at radius 3 is 1.82 bits per heavy atom. The minimum absolute atomic E-state index is 0.0354. The second-order valence-corrected chi connectivity index (χ2v) is 18.6. The van der Waals surface area contributed by atoms with Crippen molar-refractivity contribution in [3.05, 3.63) is 122 Å². The van der Waals surface area contributed by atoms with Gasteiger partial charge in [-0.1, -0.05) is 23.2 Å². The van der Waals surface area contributed by atoms with Gasteiger partial charge in [-0.15, -0.1) is 22.7 Å². The van der Waals surface area contributed by atoms with E-state index >= 15 is 0 Å². The molecule has 6 aromatic heterocycles. The lowest BCUT2D eigenvalue weighted by atomic mass is 9.85. The summed E-state index contributed by atoms with van der Waals surface area (Å²) in [5, 5.41) is 33.0. The molecule has 0 radical (unpaired) electrons. The summed E-state index contributed by atoms with van der Waals surface area (Å²) in [6.07, 6.45) is 4.70. The number of thiophene rings is 4. The van der Waals surface area contributed by atoms with E-state index in [1.807, 2.05) is 54.9 Å². The highest BCUT2D eigenvalue weighted by molar-refractivity contribution is 7.16. The van der Waals surface area contributed by atoms with Crippen molar-refractivity contribution < 1.29 is 24.3 Å². The molecule has 0 bridgehead atoms. The van der Waals surface area contributed by atoms with Crippen LogP contribution in [0.25, 0.3) is 0 Å². The fraction of sp³-hybridized carbons (Fsp3) is 0.316. The molecule has 2 fully saturated rings. The highest BCUT2D eigenvalue weighted by Crippen LogP contribution is 2.33. The standard InChI is InChI=1S/C19H18ClN3O2S2.C14H16ClN3OS.C5H4O2S/c1-19(7-8-21-18(19)25)15-10-13(2-3-14-4-5-16(20)27-14)23(22-15)17(24)12-6-9-26-11-12;1-14(6-7-16-13(14)19)11-8-9(17-18-11)2-3-10-4-5-12(15)20-10;6-5(7)4-1-2-8-3-4/h4-6,9-11H,2-3,7-8H2,1H3,(H,21,25);4-5,8H,2-3,6-7H2,1H3,(H,16,19)(H,17,18);1-3H,(H,6,7). The summed E-state index contributed by atoms with van der Waals surface area (Å²) >= 11 is 17.9. The average Bonchev–Trinajstić information content (AvgIpc) is 4.00. The molecule has 55 heavy (non-hydrogen) atoms. The molecule has 17 heteroatoms. The van der Waals surface area contributed by atoms with E-state index in [0.717, 1.165) is 62.9 Å². The van der Waals surface area contributed by atoms with Crippen molar-refractivity contribution in [2.45, 2.75) is 63.2 Å². The third kappa shape index (κ3) is 9.65. The Bertz CT molecular complexity index is 2260. The molecule has 0 aromatic carbocycles. The van der Waals surface area contributed by atoms with Gasteiger partial charge in [0.1, 0.15) is 0 Å². The summed E-state index contributed by atoms with van der Waals surface area (Å²) in [5.74, 6) is -0.984. The number of halogens is 2. The van der Waals surface area contributed by atoms with Crippen LogP contribution in [0.4, 0.5) is 0 Å². The molecule has 11 nitrogen and oxygen atoms in total. The maximum Gasteiger partial charge on any atom is 0.336 e. The number of carbonyl (C=O) groups excluding carboxylic acids is 3. The van der Waals surface area contributed by atoms with Crippen LogP contribution in [-0.4, -0.2) is 61.9 Å². The molecule has 8 rings (SSSR count). The Labute approximate surface area is 343 Å². The van der Waals surface area contributed by atoms with Crippen molar-refractivity contribution in [2.75, 3.05) is 13.1 Å². The predicted octanol–water partition coefficient (Wildman–Crippen LogP) is 8.04. The molecule has 2 aliphatic rings. The second-order valence-electron chi connectivity index (χ2n) is 13.4. The summed E-state index contributed by atoms with van der Waals surface area (Å²) in [6.45, 7) is 5.20. The smallest absolute Gasteiger partial charge is 0.336 e. The number of carboxylic acid groups (broad SMARTS) is 1. The largest absolute Gasteiger partial charge is 0.478 e. The van der Waals surface area contributed by atoms with Crippen molar-refractivity contribution in [1.82, 2.24) is 30.6 Å². The SMILES string of the molecule is CC1(c2cc(CCc3ccc(Cl)s3)[nH]n2)CCNC1=O.CC1(c2cc(CCc3ccc(Cl)s3)n(C(=O)c3ccsc3)n2)CCNC1=O.O=C(O)c1ccsc1. The number of carboxylic acids is 1. The van der Waals surface area contributed by atoms with Gasteiger partial charge in [-0.25, -0.2) is 9.48 Å². The lowest BCUT2D eigenvalue weighted by molar-refractivity contribution is -0.124. The maximum absolute atomic E-state index is 12.9. The first kappa shape index (κ1) is 40.5. The summed E-state index contributed by atoms with van der Waals surface area (Å²) in [5.41, 5.74) is 3.16. The second kappa shape index (κ2) is 17.8. The topological polar surface area (TPSA) is 159 Å². The van der Waals surface area contributed by atoms with Gasteiger partial charge in [0.2, 0.25) is 11.8 Å². The number of aryl methyl sites for hydroxylation is 4. The van der Waals surface area contributed by atoms with E-state index in [0.29, 0.717) is 36.2 Å². The lowest BCUT2D eigenvalue weighted by Crippen LogP contribution is -2.33. The molecule has 0 aliphatic carbocycles. The Morgan fingerprint density at radius 2 is 1.35 bits per heavy atom. The number of nitrogens with one attached hydrogen (secondary N) is 3. The van der Waals surface area contributed by atoms with E-state index in [1.165, 1.54) is 43.6 Å². The third-order valence-electron chi connectivity index (χ3n) is 9.62. The first-order valence-electron chi connectivity index (χ1n) is 17.4. The van der Waals surface area contributed by atoms with Crippen molar-refractivity contribution in [1.29, 1.82) is 0 Å². The molecule has 0 spiro atoms. The minimum atomic E-state index is -0.855. The first-order valence-corrected chi connectivity index (χ1v) is 21.6. The summed E-state index contributed by atoms with van der Waals surface area (Å²) in [4.78, 5) is 49.7. The number of amides is 2. The van der Waals surface area contributed by atoms with Crippen molar-refractivity contribution >= 4 is 92.2 Å². The molecule has 8 heterocycles. The van der Waals surface area contributed by atoms with Crippen molar-refractivity contribution in [2.24, 2.45) is 0 Å². The zero-order valence-corrected chi connectivity index (χ0v) is 34.7. The van der Waals surface area contributed by atoms with Crippen LogP contribution in [-0.2, 0) is 46.1 Å². The number of hydrogen-bond acceptors (Lipinski definition) is 10. The quantitative estimate of drug-likeness (QED) is 0.109. The van der Waals surface area contributed by atoms with Crippen LogP contribution in [0.15, 0.2) is 70.1 Å². The van der Waals surface area contributed by atoms with Crippen LogP contribution in [0.1, 0.15) is 79.9 Å². The Balaban J connectivity index is 0.000000160. The van der Waals surface area contributed by atoms with Gasteiger partial charge in [0.05, 0.1) is 42.0 Å². The number of nitrogens with zero attached hydrogens (tertiary/aromatic N) is 3. The Kier molecular flexibility index (Phi) is 13.1. The molecule has 288 valence electrons. The fourth-order valence-electron chi connectivity index (χ4n) is 6.15. The van der Waals surface area contributed by atoms with Crippen molar-refractivity contribution in [3.8, 4) is 0 Å². The van der Waals surface area contributed by atoms with Gasteiger partial charge in [-0.05, 0) is 112 Å². The van der Waals surface area contributed by atoms with Crippen LogP contribution in [0.3, 0.4) is 0 Å². The van der Waals surface area contributed by atoms with Crippen molar-refractivity contribution in [3.63, 3.8) is 0 Å². The third-order valence-corrected chi connectivity index (χ3v) is 13.6. The van der Waals surface area contributed by atoms with E-state index < -0.39 is 16.8 Å². The summed E-state index contributed by atoms with van der Waals surface area (Å²) in [7, 11) is 0. The molecule has 2 amide bonds. The zero-order valence-electron chi connectivity index (χ0n) is 29.9. The number of aromatic amines is 1. The van der Waals surface area contributed by atoms with Crippen LogP contribution >= 0.6 is 68.5 Å². The van der Waals surface area contributed by atoms with E-state index in [9.17, 15) is 19.2 Å². The molecule has 2 saturated heterocycles. The van der Waals surface area contributed by atoms with Crippen LogP contribution < -0.4 is 10.6 Å². The monoisotopic (exact) mass is 856 g/mol. The van der Waals surface area contributed by atoms with Crippen LogP contribution in [0.2, 0.25) is 8.67 Å². The molecule has 2 atom stereocenters. The number of aromatic nitrogens is 4. The maximum atomic E-state index is 12.9. The number of H-pyrrole nitrogens is 1. The number of hydrogen-bond donors (Lipinski definition) is 4. The zero-order chi connectivity index (χ0) is 39.2. The minimum Gasteiger partial charge on any atom is -0.478 e. The predicted molar refractivity (Wildman–Crippen MR) is 220 cm³/mol. The van der Waals surface area contributed by atoms with Crippen LogP contribution in [0, 0.1) is 0 Å². The number of rotatable bonds is 10. The van der Waals surface area contributed by atoms with Crippen LogP contribution in [0.5, 0.6) is 0 Å². The van der Waals surface area contributed by atoms with E-state index in [2.05, 4.69) is 32.0 Å². The van der Waals surface area contributed by atoms with E-state index in [4.69, 9.17) is 28.3 Å². The number of carbonyl (C=O) groups is 4. The molecular weight excluding hydrogens is 820 g/mol. The average molecular weight is 858 g/mol. The van der Waals surface area contributed by atoms with E-state index in [1.54, 1.807) is 34.2 Å². The summed E-state index contributed by atoms with van der Waals surface area (Å²) in [6, 6.07) is 15.1. The fourth-order valence-corrected chi connectivity index (χ4v) is 9.58. The van der Waals surface area contributed by atoms with Gasteiger partial charge in [-0.3, -0.25) is 19.5 Å². The van der Waals surface area contributed by atoms with E-state index in [-0.39, 0.29) is 17.7 Å². The Hall–Kier alpha value is -4.12. The molecule has 0 saturated carbocycles. The van der Waals surface area contributed by atoms with Gasteiger partial charge >= 0.3 is 5.97 Å². The van der Waals surface area contributed by atoms with Gasteiger partial charge in [0, 0.05) is 45.0 Å². The first-order chi connectivity index (χ1) is 26.4. The van der Waals surface area contributed by atoms with Gasteiger partial charge in [0.25, 0.3) is 5.91 Å². The highest BCUT2D eigenvalue weighted by atomic mass is 35.5. The molecule has 6 aromatic rings. The van der Waals surface area contributed by atoms with Gasteiger partial charge in [-0.2, -0.15) is 32.9 Å². The molecule has 2 aliphatic heterocycles. The number of aromatic carboxylic acids is 1. The Morgan fingerprint density at radius 1 is 0.782 bits per heavy atom. The summed E-state index contributed by atoms with van der Waals surface area (Å²) < 4.78 is 3.04. The molecular formula is C38H38Cl2N6O5S4.